The van der Waals surface area contributed by atoms with Crippen molar-refractivity contribution >= 4 is 34.9 Å². The number of aliphatic imine (C=N–C) groups is 1. The second kappa shape index (κ2) is 7.81. The van der Waals surface area contributed by atoms with Gasteiger partial charge >= 0.3 is 0 Å². The quantitative estimate of drug-likeness (QED) is 0.320. The molecule has 6 heteroatoms. The Bertz CT molecular complexity index is 1210. The fourth-order valence-electron chi connectivity index (χ4n) is 3.05. The number of halogens is 1. The predicted molar refractivity (Wildman–Crippen MR) is 115 cm³/mol. The van der Waals surface area contributed by atoms with E-state index < -0.39 is 0 Å². The molecule has 5 rings (SSSR count). The molecule has 1 aliphatic rings. The lowest BCUT2D eigenvalue weighted by Crippen LogP contribution is -2.04. The van der Waals surface area contributed by atoms with Crippen molar-refractivity contribution in [3.63, 3.8) is 0 Å². The van der Waals surface area contributed by atoms with Crippen molar-refractivity contribution in [1.29, 1.82) is 0 Å². The molecule has 0 fully saturated rings. The lowest BCUT2D eigenvalue weighted by Gasteiger charge is -2.09. The number of hydrogen-bond donors (Lipinski definition) is 0. The van der Waals surface area contributed by atoms with Gasteiger partial charge in [0.15, 0.2) is 0 Å². The first kappa shape index (κ1) is 18.1. The fraction of sp³-hybridized carbons (Fsp3) is 0. The maximum Gasteiger partial charge on any atom is 0.131 e. The van der Waals surface area contributed by atoms with E-state index in [1.54, 1.807) is 42.0 Å². The summed E-state index contributed by atoms with van der Waals surface area (Å²) in [5.41, 5.74) is 3.38. The summed E-state index contributed by atoms with van der Waals surface area (Å²) in [6, 6.07) is 24.6. The zero-order chi connectivity index (χ0) is 19.6. The van der Waals surface area contributed by atoms with Crippen molar-refractivity contribution in [3.05, 3.63) is 102 Å². The van der Waals surface area contributed by atoms with E-state index in [1.165, 1.54) is 12.1 Å². The maximum atomic E-state index is 13.5. The molecule has 29 heavy (non-hydrogen) atoms. The Morgan fingerprint density at radius 3 is 2.38 bits per heavy atom. The first-order chi connectivity index (χ1) is 14.3. The summed E-state index contributed by atoms with van der Waals surface area (Å²) in [5.74, 6) is -0.269. The maximum absolute atomic E-state index is 13.5. The van der Waals surface area contributed by atoms with Crippen LogP contribution in [0.4, 0.5) is 10.1 Å². The predicted octanol–water partition coefficient (Wildman–Crippen LogP) is 6.40. The molecule has 1 aromatic heterocycles. The second-order valence-corrected chi connectivity index (χ2v) is 8.41. The molecule has 0 amide bonds. The van der Waals surface area contributed by atoms with E-state index in [4.69, 9.17) is 4.99 Å². The Kier molecular flexibility index (Phi) is 4.87. The first-order valence-electron chi connectivity index (χ1n) is 8.98. The van der Waals surface area contributed by atoms with Crippen molar-refractivity contribution < 1.29 is 4.39 Å². The Labute approximate surface area is 176 Å². The molecule has 0 bridgehead atoms. The van der Waals surface area contributed by atoms with E-state index in [0.29, 0.717) is 0 Å². The summed E-state index contributed by atoms with van der Waals surface area (Å²) in [6.07, 6.45) is 1.58. The molecule has 0 atom stereocenters. The van der Waals surface area contributed by atoms with Gasteiger partial charge in [0.25, 0.3) is 0 Å². The first-order valence-corrected chi connectivity index (χ1v) is 10.6. The van der Waals surface area contributed by atoms with Crippen molar-refractivity contribution in [3.8, 4) is 0 Å². The Balaban J connectivity index is 1.70. The van der Waals surface area contributed by atoms with Crippen LogP contribution in [0.3, 0.4) is 0 Å². The summed E-state index contributed by atoms with van der Waals surface area (Å²) >= 11 is 3.13. The molecule has 0 saturated carbocycles. The highest BCUT2D eigenvalue weighted by Crippen LogP contribution is 2.44. The number of benzene rings is 3. The van der Waals surface area contributed by atoms with Crippen LogP contribution in [-0.2, 0) is 0 Å². The molecule has 3 aromatic carbocycles. The SMILES string of the molecule is Fc1ccc(C2=Nc3c(Sc4ccccc4)ncnc3Sc3ccccc32)cc1. The van der Waals surface area contributed by atoms with Crippen LogP contribution in [-0.4, -0.2) is 15.7 Å². The summed E-state index contributed by atoms with van der Waals surface area (Å²) in [4.78, 5) is 16.1. The largest absolute Gasteiger partial charge is 0.242 e. The lowest BCUT2D eigenvalue weighted by atomic mass is 10.0. The van der Waals surface area contributed by atoms with Gasteiger partial charge in [0.05, 0.1) is 5.71 Å². The molecular formula is C23H14FN3S2. The van der Waals surface area contributed by atoms with Gasteiger partial charge in [0.1, 0.15) is 27.9 Å². The van der Waals surface area contributed by atoms with E-state index in [-0.39, 0.29) is 5.82 Å². The zero-order valence-electron chi connectivity index (χ0n) is 15.1. The Hall–Kier alpha value is -2.96. The molecule has 0 saturated heterocycles. The zero-order valence-corrected chi connectivity index (χ0v) is 16.8. The summed E-state index contributed by atoms with van der Waals surface area (Å²) < 4.78 is 13.5. The van der Waals surface area contributed by atoms with Gasteiger partial charge in [-0.25, -0.2) is 19.4 Å². The number of rotatable bonds is 3. The van der Waals surface area contributed by atoms with Gasteiger partial charge in [0, 0.05) is 20.9 Å². The van der Waals surface area contributed by atoms with Crippen LogP contribution in [0.1, 0.15) is 11.1 Å². The Morgan fingerprint density at radius 2 is 1.55 bits per heavy atom. The standard InChI is InChI=1S/C23H14FN3S2/c24-16-12-10-15(11-13-16)20-18-8-4-5-9-19(18)29-23-21(27-20)22(25-14-26-23)28-17-6-2-1-3-7-17/h1-14H. The minimum absolute atomic E-state index is 0.269. The molecular weight excluding hydrogens is 401 g/mol. The summed E-state index contributed by atoms with van der Waals surface area (Å²) in [5, 5.41) is 1.60. The average molecular weight is 416 g/mol. The van der Waals surface area contributed by atoms with Gasteiger partial charge in [-0.15, -0.1) is 0 Å². The van der Waals surface area contributed by atoms with Crippen LogP contribution in [0.15, 0.2) is 110 Å². The van der Waals surface area contributed by atoms with Gasteiger partial charge in [0.2, 0.25) is 0 Å². The number of fused-ring (bicyclic) bond motifs is 2. The van der Waals surface area contributed by atoms with Crippen molar-refractivity contribution in [2.24, 2.45) is 4.99 Å². The highest BCUT2D eigenvalue weighted by Gasteiger charge is 2.22. The van der Waals surface area contributed by atoms with E-state index in [9.17, 15) is 4.39 Å². The number of nitrogens with zero attached hydrogens (tertiary/aromatic N) is 3. The average Bonchev–Trinajstić information content (AvgIpc) is 2.93. The summed E-state index contributed by atoms with van der Waals surface area (Å²) in [7, 11) is 0. The minimum atomic E-state index is -0.269. The lowest BCUT2D eigenvalue weighted by molar-refractivity contribution is 0.628. The third-order valence-electron chi connectivity index (χ3n) is 4.40. The highest BCUT2D eigenvalue weighted by molar-refractivity contribution is 8.00. The Morgan fingerprint density at radius 1 is 0.793 bits per heavy atom. The van der Waals surface area contributed by atoms with Crippen molar-refractivity contribution in [2.75, 3.05) is 0 Å². The van der Waals surface area contributed by atoms with Gasteiger partial charge in [-0.05, 0) is 42.5 Å². The monoisotopic (exact) mass is 415 g/mol. The van der Waals surface area contributed by atoms with E-state index in [1.807, 2.05) is 48.5 Å². The van der Waals surface area contributed by atoms with Gasteiger partial charge in [-0.1, -0.05) is 59.9 Å². The van der Waals surface area contributed by atoms with Gasteiger partial charge in [-0.2, -0.15) is 0 Å². The highest BCUT2D eigenvalue weighted by atomic mass is 32.2. The molecule has 0 unspecified atom stereocenters. The molecule has 4 aromatic rings. The minimum Gasteiger partial charge on any atom is -0.242 e. The van der Waals surface area contributed by atoms with Crippen LogP contribution in [0.2, 0.25) is 0 Å². The number of aromatic nitrogens is 2. The van der Waals surface area contributed by atoms with Crippen molar-refractivity contribution in [1.82, 2.24) is 9.97 Å². The number of hydrogen-bond acceptors (Lipinski definition) is 5. The third kappa shape index (κ3) is 3.69. The third-order valence-corrected chi connectivity index (χ3v) is 6.47. The van der Waals surface area contributed by atoms with Crippen LogP contribution in [0.5, 0.6) is 0 Å². The van der Waals surface area contributed by atoms with Crippen LogP contribution in [0.25, 0.3) is 0 Å². The van der Waals surface area contributed by atoms with Gasteiger partial charge in [-0.3, -0.25) is 0 Å². The molecule has 140 valence electrons. The van der Waals surface area contributed by atoms with Crippen LogP contribution >= 0.6 is 23.5 Å². The normalized spacial score (nSPS) is 12.5. The molecule has 0 N–H and O–H groups in total. The van der Waals surface area contributed by atoms with E-state index in [2.05, 4.69) is 16.0 Å². The smallest absolute Gasteiger partial charge is 0.131 e. The van der Waals surface area contributed by atoms with E-state index >= 15 is 0 Å². The molecule has 0 radical (unpaired) electrons. The van der Waals surface area contributed by atoms with E-state index in [0.717, 1.165) is 42.4 Å². The summed E-state index contributed by atoms with van der Waals surface area (Å²) in [6.45, 7) is 0. The van der Waals surface area contributed by atoms with Gasteiger partial charge < -0.3 is 0 Å². The molecule has 0 spiro atoms. The van der Waals surface area contributed by atoms with Crippen molar-refractivity contribution in [2.45, 2.75) is 19.8 Å². The molecule has 3 nitrogen and oxygen atoms in total. The molecule has 2 heterocycles. The topological polar surface area (TPSA) is 38.1 Å². The van der Waals surface area contributed by atoms with Crippen LogP contribution in [0, 0.1) is 5.82 Å². The molecule has 1 aliphatic heterocycles. The second-order valence-electron chi connectivity index (χ2n) is 6.31. The van der Waals surface area contributed by atoms with Crippen LogP contribution < -0.4 is 0 Å². The fourth-order valence-corrected chi connectivity index (χ4v) is 4.94. The molecule has 0 aliphatic carbocycles.